The van der Waals surface area contributed by atoms with Gasteiger partial charge in [0.1, 0.15) is 0 Å². The highest BCUT2D eigenvalue weighted by Gasteiger charge is 2.26. The van der Waals surface area contributed by atoms with Crippen LogP contribution in [-0.2, 0) is 9.53 Å². The third kappa shape index (κ3) is 5.04. The van der Waals surface area contributed by atoms with Crippen LogP contribution >= 0.6 is 0 Å². The van der Waals surface area contributed by atoms with E-state index >= 15 is 0 Å². The van der Waals surface area contributed by atoms with Gasteiger partial charge in [-0.15, -0.1) is 0 Å². The summed E-state index contributed by atoms with van der Waals surface area (Å²) in [5, 5.41) is 13.8. The highest BCUT2D eigenvalue weighted by Crippen LogP contribution is 2.22. The number of hydrogen-bond donors (Lipinski definition) is 1. The second-order valence-corrected chi connectivity index (χ2v) is 6.27. The van der Waals surface area contributed by atoms with E-state index in [4.69, 9.17) is 4.74 Å². The molecule has 0 fully saturated rings. The van der Waals surface area contributed by atoms with E-state index in [2.05, 4.69) is 5.32 Å². The summed E-state index contributed by atoms with van der Waals surface area (Å²) in [5.74, 6) is -1.45. The van der Waals surface area contributed by atoms with E-state index < -0.39 is 18.0 Å². The minimum absolute atomic E-state index is 0.133. The summed E-state index contributed by atoms with van der Waals surface area (Å²) in [6.07, 6.45) is 1.12. The molecule has 0 aliphatic rings. The molecule has 7 nitrogen and oxygen atoms in total. The number of anilines is 1. The van der Waals surface area contributed by atoms with Gasteiger partial charge in [-0.2, -0.15) is 4.73 Å². The fraction of sp³-hybridized carbons (Fsp3) is 0.0909. The Hall–Kier alpha value is -4.00. The van der Waals surface area contributed by atoms with Gasteiger partial charge in [-0.05, 0) is 19.1 Å². The number of hydrogen-bond acceptors (Lipinski definition) is 5. The molecule has 3 aromatic rings. The number of Topliss-reactive ketones (excluding diaryl/α,β-unsaturated/α-hetero) is 1. The maximum absolute atomic E-state index is 12.9. The molecule has 0 bridgehead atoms. The van der Waals surface area contributed by atoms with Crippen LogP contribution in [0.1, 0.15) is 39.3 Å². The van der Waals surface area contributed by atoms with Crippen molar-refractivity contribution in [1.82, 2.24) is 0 Å². The molecule has 2 aromatic carbocycles. The molecule has 0 unspecified atom stereocenters. The molecular weight excluding hydrogens is 372 g/mol. The van der Waals surface area contributed by atoms with Crippen LogP contribution in [0, 0.1) is 5.21 Å². The van der Waals surface area contributed by atoms with Gasteiger partial charge in [0, 0.05) is 28.9 Å². The van der Waals surface area contributed by atoms with Crippen LogP contribution in [0.3, 0.4) is 0 Å². The molecule has 1 heterocycles. The van der Waals surface area contributed by atoms with Crippen molar-refractivity contribution in [1.29, 1.82) is 0 Å². The maximum atomic E-state index is 12.9. The maximum Gasteiger partial charge on any atom is 0.339 e. The molecule has 7 heteroatoms. The van der Waals surface area contributed by atoms with E-state index in [1.807, 2.05) is 0 Å². The predicted molar refractivity (Wildman–Crippen MR) is 105 cm³/mol. The lowest BCUT2D eigenvalue weighted by Gasteiger charge is -2.18. The first-order valence-corrected chi connectivity index (χ1v) is 8.80. The molecule has 146 valence electrons. The Bertz CT molecular complexity index is 1030. The minimum Gasteiger partial charge on any atom is -0.619 e. The first kappa shape index (κ1) is 19.8. The topological polar surface area (TPSA) is 99.4 Å². The van der Waals surface area contributed by atoms with Crippen molar-refractivity contribution in [3.8, 4) is 0 Å². The highest BCUT2D eigenvalue weighted by atomic mass is 16.5. The van der Waals surface area contributed by atoms with E-state index in [1.54, 1.807) is 54.6 Å². The zero-order valence-electron chi connectivity index (χ0n) is 15.6. The molecule has 0 saturated heterocycles. The van der Waals surface area contributed by atoms with Crippen LogP contribution in [0.5, 0.6) is 0 Å². The van der Waals surface area contributed by atoms with Crippen molar-refractivity contribution in [2.75, 3.05) is 5.32 Å². The Morgan fingerprint density at radius 2 is 1.62 bits per heavy atom. The van der Waals surface area contributed by atoms with Gasteiger partial charge in [0.05, 0.1) is 5.56 Å². The van der Waals surface area contributed by atoms with Gasteiger partial charge >= 0.3 is 5.97 Å². The van der Waals surface area contributed by atoms with Crippen molar-refractivity contribution in [3.05, 3.63) is 101 Å². The third-order valence-corrected chi connectivity index (χ3v) is 4.14. The van der Waals surface area contributed by atoms with Gasteiger partial charge in [-0.3, -0.25) is 9.59 Å². The number of amides is 1. The Kier molecular flexibility index (Phi) is 5.99. The number of nitrogens with one attached hydrogen (secondary N) is 1. The number of carbonyl (C=O) groups is 3. The molecule has 1 N–H and O–H groups in total. The average Bonchev–Trinajstić information content (AvgIpc) is 2.73. The lowest BCUT2D eigenvalue weighted by Crippen LogP contribution is -2.27. The fourth-order valence-corrected chi connectivity index (χ4v) is 2.65. The highest BCUT2D eigenvalue weighted by molar-refractivity contribution is 6.00. The van der Waals surface area contributed by atoms with Gasteiger partial charge < -0.3 is 15.3 Å². The molecule has 1 aromatic heterocycles. The summed E-state index contributed by atoms with van der Waals surface area (Å²) in [6.45, 7) is 1.43. The summed E-state index contributed by atoms with van der Waals surface area (Å²) in [6, 6.07) is 17.7. The predicted octanol–water partition coefficient (Wildman–Crippen LogP) is 3.06. The Morgan fingerprint density at radius 3 is 2.28 bits per heavy atom. The zero-order valence-corrected chi connectivity index (χ0v) is 15.6. The van der Waals surface area contributed by atoms with Crippen molar-refractivity contribution in [2.24, 2.45) is 0 Å². The number of esters is 1. The average molecular weight is 390 g/mol. The molecule has 1 atom stereocenters. The molecule has 1 amide bonds. The number of rotatable bonds is 6. The van der Waals surface area contributed by atoms with Gasteiger partial charge in [0.15, 0.2) is 18.2 Å². The summed E-state index contributed by atoms with van der Waals surface area (Å²) in [4.78, 5) is 36.9. The first-order valence-electron chi connectivity index (χ1n) is 8.80. The van der Waals surface area contributed by atoms with Crippen LogP contribution in [0.25, 0.3) is 0 Å². The molecular formula is C22H18N2O5. The van der Waals surface area contributed by atoms with Gasteiger partial charge in [-0.25, -0.2) is 4.79 Å². The summed E-state index contributed by atoms with van der Waals surface area (Å²) < 4.78 is 5.99. The molecule has 0 aliphatic heterocycles. The SMILES string of the molecule is CC(=O)c1cccc(NC(=O)[C@@H](OC(=O)c2cc[n+]([O-])cc2)c2ccccc2)c1. The van der Waals surface area contributed by atoms with Gasteiger partial charge in [0.2, 0.25) is 6.10 Å². The molecule has 0 aliphatic carbocycles. The summed E-state index contributed by atoms with van der Waals surface area (Å²) in [5.41, 5.74) is 1.48. The van der Waals surface area contributed by atoms with Crippen molar-refractivity contribution < 1.29 is 23.9 Å². The van der Waals surface area contributed by atoms with Gasteiger partial charge in [0.25, 0.3) is 5.91 Å². The Balaban J connectivity index is 1.84. The van der Waals surface area contributed by atoms with Crippen LogP contribution in [0.4, 0.5) is 5.69 Å². The van der Waals surface area contributed by atoms with Crippen LogP contribution in [-0.4, -0.2) is 17.7 Å². The number of aromatic nitrogens is 1. The lowest BCUT2D eigenvalue weighted by molar-refractivity contribution is -0.605. The Morgan fingerprint density at radius 1 is 0.931 bits per heavy atom. The number of ketones is 1. The number of pyridine rings is 1. The van der Waals surface area contributed by atoms with Crippen LogP contribution in [0.2, 0.25) is 0 Å². The van der Waals surface area contributed by atoms with Crippen molar-refractivity contribution in [2.45, 2.75) is 13.0 Å². The molecule has 3 rings (SSSR count). The van der Waals surface area contributed by atoms with Crippen molar-refractivity contribution in [3.63, 3.8) is 0 Å². The first-order chi connectivity index (χ1) is 13.9. The fourth-order valence-electron chi connectivity index (χ4n) is 2.65. The van der Waals surface area contributed by atoms with E-state index in [1.165, 1.54) is 31.5 Å². The summed E-state index contributed by atoms with van der Waals surface area (Å²) in [7, 11) is 0. The molecule has 0 radical (unpaired) electrons. The van der Waals surface area contributed by atoms with E-state index in [0.29, 0.717) is 21.5 Å². The van der Waals surface area contributed by atoms with E-state index in [-0.39, 0.29) is 11.3 Å². The summed E-state index contributed by atoms with van der Waals surface area (Å²) >= 11 is 0. The lowest BCUT2D eigenvalue weighted by atomic mass is 10.1. The zero-order chi connectivity index (χ0) is 20.8. The van der Waals surface area contributed by atoms with Gasteiger partial charge in [-0.1, -0.05) is 42.5 Å². The number of nitrogens with zero attached hydrogens (tertiary/aromatic N) is 1. The van der Waals surface area contributed by atoms with Crippen molar-refractivity contribution >= 4 is 23.3 Å². The van der Waals surface area contributed by atoms with Crippen LogP contribution in [0.15, 0.2) is 79.1 Å². The second kappa shape index (κ2) is 8.79. The van der Waals surface area contributed by atoms with Crippen LogP contribution < -0.4 is 10.0 Å². The number of carbonyl (C=O) groups excluding carboxylic acids is 3. The standard InChI is InChI=1S/C22H18N2O5/c1-15(25)18-8-5-9-19(14-18)23-21(26)20(16-6-3-2-4-7-16)29-22(27)17-10-12-24(28)13-11-17/h2-14,20H,1H3,(H,23,26)/t20-/m0/s1. The van der Waals surface area contributed by atoms with E-state index in [0.717, 1.165) is 0 Å². The Labute approximate surface area is 167 Å². The monoisotopic (exact) mass is 390 g/mol. The smallest absolute Gasteiger partial charge is 0.339 e. The normalized spacial score (nSPS) is 11.3. The number of benzene rings is 2. The number of ether oxygens (including phenoxy) is 1. The second-order valence-electron chi connectivity index (χ2n) is 6.27. The molecule has 29 heavy (non-hydrogen) atoms. The quantitative estimate of drug-likeness (QED) is 0.302. The molecule has 0 saturated carbocycles. The minimum atomic E-state index is -1.22. The molecule has 0 spiro atoms. The third-order valence-electron chi connectivity index (χ3n) is 4.14. The largest absolute Gasteiger partial charge is 0.619 e. The van der Waals surface area contributed by atoms with E-state index in [9.17, 15) is 19.6 Å².